The number of benzene rings is 1. The Kier molecular flexibility index (Phi) is 12.9. The third kappa shape index (κ3) is 8.26. The fourth-order valence-electron chi connectivity index (χ4n) is 4.69. The molecule has 1 aromatic rings. The third-order valence-corrected chi connectivity index (χ3v) is 7.19. The number of methoxy groups -OCH3 is 2. The molecule has 2 fully saturated rings. The third-order valence-electron chi connectivity index (χ3n) is 7.19. The summed E-state index contributed by atoms with van der Waals surface area (Å²) in [6.45, 7) is 0.469. The van der Waals surface area contributed by atoms with Gasteiger partial charge in [0.15, 0.2) is 30.9 Å². The van der Waals surface area contributed by atoms with E-state index in [2.05, 4.69) is 0 Å². The number of rotatable bonds is 13. The number of carboxylic acids is 1. The topological polar surface area (TPSA) is 257 Å². The molecule has 17 nitrogen and oxygen atoms in total. The summed E-state index contributed by atoms with van der Waals surface area (Å²) in [5.41, 5.74) is 0.561. The number of aliphatic hydroxyl groups excluding tert-OH is 6. The highest BCUT2D eigenvalue weighted by molar-refractivity contribution is 5.85. The summed E-state index contributed by atoms with van der Waals surface area (Å²) in [6.07, 6.45) is -23.2. The fraction of sp³-hybridized carbons (Fsp3) is 0.667. The molecular formula is C27H38O17. The lowest BCUT2D eigenvalue weighted by Gasteiger charge is -2.44. The number of hydrogen-bond donors (Lipinski definition) is 7. The van der Waals surface area contributed by atoms with E-state index in [1.165, 1.54) is 6.92 Å². The molecule has 0 amide bonds. The molecule has 17 heteroatoms. The summed E-state index contributed by atoms with van der Waals surface area (Å²) in [5.74, 6) is -3.99. The highest BCUT2D eigenvalue weighted by Crippen LogP contribution is 2.30. The van der Waals surface area contributed by atoms with Crippen molar-refractivity contribution in [1.29, 1.82) is 0 Å². The maximum atomic E-state index is 12.9. The van der Waals surface area contributed by atoms with Gasteiger partial charge in [-0.2, -0.15) is 0 Å². The minimum absolute atomic E-state index is 0.173. The van der Waals surface area contributed by atoms with E-state index in [9.17, 15) is 50.1 Å². The fourth-order valence-corrected chi connectivity index (χ4v) is 4.69. The Morgan fingerprint density at radius 2 is 1.32 bits per heavy atom. The van der Waals surface area contributed by atoms with Gasteiger partial charge in [-0.3, -0.25) is 0 Å². The number of hydrogen-bond acceptors (Lipinski definition) is 16. The zero-order chi connectivity index (χ0) is 32.7. The quantitative estimate of drug-likeness (QED) is 0.104. The van der Waals surface area contributed by atoms with Gasteiger partial charge in [-0.05, 0) is 12.5 Å². The molecular weight excluding hydrogens is 596 g/mol. The minimum atomic E-state index is -2.14. The van der Waals surface area contributed by atoms with Gasteiger partial charge in [0.25, 0.3) is 0 Å². The van der Waals surface area contributed by atoms with Gasteiger partial charge in [0.2, 0.25) is 0 Å². The Balaban J connectivity index is 1.89. The van der Waals surface area contributed by atoms with Crippen LogP contribution < -0.4 is 0 Å². The molecule has 0 aliphatic carbocycles. The summed E-state index contributed by atoms with van der Waals surface area (Å²) in [7, 11) is 1.85. The van der Waals surface area contributed by atoms with Crippen molar-refractivity contribution >= 4 is 17.9 Å². The van der Waals surface area contributed by atoms with Crippen LogP contribution in [0, 0.1) is 0 Å². The summed E-state index contributed by atoms with van der Waals surface area (Å²) in [6, 6.07) is 8.34. The number of carbonyl (C=O) groups excluding carboxylic acids is 2. The Morgan fingerprint density at radius 3 is 1.82 bits per heavy atom. The Hall–Kier alpha value is -2.81. The van der Waals surface area contributed by atoms with Gasteiger partial charge in [-0.1, -0.05) is 30.3 Å². The van der Waals surface area contributed by atoms with Crippen LogP contribution in [0.5, 0.6) is 0 Å². The van der Waals surface area contributed by atoms with E-state index in [1.54, 1.807) is 30.3 Å². The second-order valence-electron chi connectivity index (χ2n) is 10.2. The largest absolute Gasteiger partial charge is 0.479 e. The molecule has 3 rings (SSSR count). The van der Waals surface area contributed by atoms with Crippen LogP contribution in [0.25, 0.3) is 0 Å². The zero-order valence-electron chi connectivity index (χ0n) is 24.0. The predicted octanol–water partition coefficient (Wildman–Crippen LogP) is -3.55. The average molecular weight is 635 g/mol. The summed E-state index contributed by atoms with van der Waals surface area (Å²) in [5, 5.41) is 72.0. The number of ether oxygens (including phenoxy) is 7. The molecule has 2 saturated heterocycles. The number of carbonyl (C=O) groups is 3. The van der Waals surface area contributed by atoms with Crippen molar-refractivity contribution in [2.24, 2.45) is 0 Å². The predicted molar refractivity (Wildman–Crippen MR) is 140 cm³/mol. The van der Waals surface area contributed by atoms with E-state index < -0.39 is 104 Å². The van der Waals surface area contributed by atoms with Crippen LogP contribution in [-0.2, 0) is 54.0 Å². The lowest BCUT2D eigenvalue weighted by molar-refractivity contribution is -0.338. The molecule has 248 valence electrons. The Labute approximate surface area is 251 Å². The van der Waals surface area contributed by atoms with Crippen molar-refractivity contribution in [3.63, 3.8) is 0 Å². The molecule has 0 radical (unpaired) electrons. The van der Waals surface area contributed by atoms with E-state index in [-0.39, 0.29) is 6.42 Å². The minimum Gasteiger partial charge on any atom is -0.479 e. The highest BCUT2D eigenvalue weighted by Gasteiger charge is 2.52. The van der Waals surface area contributed by atoms with E-state index in [1.807, 2.05) is 0 Å². The second-order valence-corrected chi connectivity index (χ2v) is 10.2. The molecule has 44 heavy (non-hydrogen) atoms. The number of carboxylic acid groups (broad SMARTS) is 1. The molecule has 0 spiro atoms. The lowest BCUT2D eigenvalue weighted by Crippen LogP contribution is -2.63. The molecule has 0 saturated carbocycles. The summed E-state index contributed by atoms with van der Waals surface area (Å²) >= 11 is 0. The first-order valence-electron chi connectivity index (χ1n) is 13.5. The van der Waals surface area contributed by atoms with Crippen LogP contribution in [0.3, 0.4) is 0 Å². The molecule has 0 bridgehead atoms. The van der Waals surface area contributed by atoms with E-state index in [0.29, 0.717) is 5.56 Å². The van der Waals surface area contributed by atoms with Crippen LogP contribution in [-0.4, -0.2) is 154 Å². The monoisotopic (exact) mass is 634 g/mol. The SMILES string of the molecule is COC(=O)[C@H](OC1O[C@H](CO)[C@H](O)[C@H](O[C@H](Cc2ccccc2)C(=O)O)[C@H]1O)[C@@H](O[C@@H]1O[C@@H](C)[C@@H](O)[C@@H](O)[C@@H]1O)C(=O)OC. The molecule has 7 N–H and O–H groups in total. The average Bonchev–Trinajstić information content (AvgIpc) is 3.02. The zero-order valence-corrected chi connectivity index (χ0v) is 24.0. The van der Waals surface area contributed by atoms with Crippen LogP contribution >= 0.6 is 0 Å². The normalized spacial score (nSPS) is 34.4. The maximum Gasteiger partial charge on any atom is 0.338 e. The molecule has 1 unspecified atom stereocenters. The molecule has 13 atom stereocenters. The van der Waals surface area contributed by atoms with Crippen molar-refractivity contribution in [3.8, 4) is 0 Å². The van der Waals surface area contributed by atoms with Gasteiger partial charge in [0, 0.05) is 6.42 Å². The van der Waals surface area contributed by atoms with Crippen LogP contribution in [0.2, 0.25) is 0 Å². The molecule has 2 heterocycles. The first-order chi connectivity index (χ1) is 20.8. The van der Waals surface area contributed by atoms with Crippen molar-refractivity contribution in [3.05, 3.63) is 35.9 Å². The Morgan fingerprint density at radius 1 is 0.773 bits per heavy atom. The molecule has 2 aliphatic heterocycles. The van der Waals surface area contributed by atoms with Gasteiger partial charge >= 0.3 is 17.9 Å². The Bertz CT molecular complexity index is 1090. The first-order valence-corrected chi connectivity index (χ1v) is 13.5. The van der Waals surface area contributed by atoms with Gasteiger partial charge < -0.3 is 68.9 Å². The van der Waals surface area contributed by atoms with Gasteiger partial charge in [-0.15, -0.1) is 0 Å². The van der Waals surface area contributed by atoms with Gasteiger partial charge in [0.05, 0.1) is 26.9 Å². The maximum absolute atomic E-state index is 12.9. The van der Waals surface area contributed by atoms with Crippen molar-refractivity contribution in [2.75, 3.05) is 20.8 Å². The second kappa shape index (κ2) is 16.0. The number of aliphatic carboxylic acids is 1. The smallest absolute Gasteiger partial charge is 0.338 e. The molecule has 1 aromatic carbocycles. The highest BCUT2D eigenvalue weighted by atomic mass is 16.8. The van der Waals surface area contributed by atoms with E-state index >= 15 is 0 Å². The van der Waals surface area contributed by atoms with Gasteiger partial charge in [-0.25, -0.2) is 14.4 Å². The summed E-state index contributed by atoms with van der Waals surface area (Å²) in [4.78, 5) is 37.6. The van der Waals surface area contributed by atoms with E-state index in [4.69, 9.17) is 33.2 Å². The lowest BCUT2D eigenvalue weighted by atomic mass is 9.98. The number of aliphatic hydroxyl groups is 6. The molecule has 0 aromatic heterocycles. The van der Waals surface area contributed by atoms with Crippen LogP contribution in [0.1, 0.15) is 12.5 Å². The summed E-state index contributed by atoms with van der Waals surface area (Å²) < 4.78 is 36.9. The number of esters is 2. The van der Waals surface area contributed by atoms with Crippen molar-refractivity contribution < 1.29 is 83.3 Å². The molecule has 2 aliphatic rings. The van der Waals surface area contributed by atoms with Crippen molar-refractivity contribution in [2.45, 2.75) is 93.1 Å². The first kappa shape index (κ1) is 35.7. The van der Waals surface area contributed by atoms with Gasteiger partial charge in [0.1, 0.15) is 42.7 Å². The van der Waals surface area contributed by atoms with Crippen molar-refractivity contribution in [1.82, 2.24) is 0 Å². The van der Waals surface area contributed by atoms with Crippen LogP contribution in [0.15, 0.2) is 30.3 Å². The van der Waals surface area contributed by atoms with E-state index in [0.717, 1.165) is 14.2 Å². The standard InChI is InChI=1S/C27H38O17/c1-11-15(29)17(31)18(32)26(40-11)43-21(24(36)38-2)22(25(37)39-3)44-27-19(33)20(16(30)14(10-28)42-27)41-13(23(34)35)9-12-7-5-4-6-8-12/h4-8,11,13-22,26-33H,9-10H2,1-3H3,(H,34,35)/t11-,13+,14+,15+,16-,17+,18-,19+,20-,21+,22+,26-,27?/m0/s1. The van der Waals surface area contributed by atoms with Crippen LogP contribution in [0.4, 0.5) is 0 Å².